The van der Waals surface area contributed by atoms with Gasteiger partial charge >= 0.3 is 0 Å². The van der Waals surface area contributed by atoms with E-state index in [-0.39, 0.29) is 23.6 Å². The molecule has 1 fully saturated rings. The van der Waals surface area contributed by atoms with E-state index >= 15 is 0 Å². The number of thiocarbonyl (C=S) groups is 1. The zero-order chi connectivity index (χ0) is 23.1. The minimum atomic E-state index is -0.539. The fraction of sp³-hybridized carbons (Fsp3) is 0.217. The molecule has 0 unspecified atom stereocenters. The third-order valence-electron chi connectivity index (χ3n) is 4.77. The Morgan fingerprint density at radius 1 is 1.16 bits per heavy atom. The summed E-state index contributed by atoms with van der Waals surface area (Å²) in [4.78, 5) is 38.7. The SMILES string of the molecule is CCc1ccc(/C=C2/SC(=S)N(CCCC(=O)NNC(=O)c3cccc(O)c3)C2=O)cc1. The number of carbonyl (C=O) groups excluding carboxylic acids is 3. The highest BCUT2D eigenvalue weighted by molar-refractivity contribution is 8.26. The molecule has 7 nitrogen and oxygen atoms in total. The molecule has 3 rings (SSSR count). The lowest BCUT2D eigenvalue weighted by atomic mass is 10.1. The molecule has 9 heteroatoms. The summed E-state index contributed by atoms with van der Waals surface area (Å²) >= 11 is 6.58. The second-order valence-corrected chi connectivity index (χ2v) is 8.76. The second kappa shape index (κ2) is 10.9. The third-order valence-corrected chi connectivity index (χ3v) is 6.15. The van der Waals surface area contributed by atoms with Gasteiger partial charge in [-0.1, -0.05) is 61.2 Å². The number of nitrogens with zero attached hydrogens (tertiary/aromatic N) is 1. The number of hydrazine groups is 1. The molecular formula is C23H23N3O4S2. The fourth-order valence-corrected chi connectivity index (χ4v) is 4.31. The second-order valence-electron chi connectivity index (χ2n) is 7.08. The lowest BCUT2D eigenvalue weighted by molar-refractivity contribution is -0.124. The van der Waals surface area contributed by atoms with Crippen LogP contribution in [0, 0.1) is 0 Å². The van der Waals surface area contributed by atoms with Gasteiger partial charge in [-0.05, 0) is 48.2 Å². The quantitative estimate of drug-likeness (QED) is 0.327. The van der Waals surface area contributed by atoms with Gasteiger partial charge in [0.1, 0.15) is 10.1 Å². The molecule has 0 atom stereocenters. The minimum Gasteiger partial charge on any atom is -0.508 e. The molecule has 0 bridgehead atoms. The normalized spacial score (nSPS) is 14.7. The van der Waals surface area contributed by atoms with E-state index in [4.69, 9.17) is 12.2 Å². The van der Waals surface area contributed by atoms with Crippen LogP contribution >= 0.6 is 24.0 Å². The largest absolute Gasteiger partial charge is 0.508 e. The fourth-order valence-electron chi connectivity index (χ4n) is 3.00. The van der Waals surface area contributed by atoms with Gasteiger partial charge in [-0.3, -0.25) is 30.1 Å². The Morgan fingerprint density at radius 3 is 2.59 bits per heavy atom. The van der Waals surface area contributed by atoms with Crippen LogP contribution in [0.1, 0.15) is 41.3 Å². The van der Waals surface area contributed by atoms with Crippen LogP contribution in [0.3, 0.4) is 0 Å². The van der Waals surface area contributed by atoms with Crippen LogP contribution in [0.4, 0.5) is 0 Å². The van der Waals surface area contributed by atoms with Gasteiger partial charge in [-0.2, -0.15) is 0 Å². The van der Waals surface area contributed by atoms with Gasteiger partial charge in [0.15, 0.2) is 0 Å². The number of carbonyl (C=O) groups is 3. The standard InChI is InChI=1S/C23H23N3O4S2/c1-2-15-8-10-16(11-9-15)13-19-22(30)26(23(31)32-19)12-4-7-20(28)24-25-21(29)17-5-3-6-18(27)14-17/h3,5-6,8-11,13-14,27H,2,4,7,12H2,1H3,(H,24,28)(H,25,29)/b19-13+. The summed E-state index contributed by atoms with van der Waals surface area (Å²) < 4.78 is 0.462. The van der Waals surface area contributed by atoms with Gasteiger partial charge < -0.3 is 5.11 Å². The van der Waals surface area contributed by atoms with Crippen LogP contribution in [0.5, 0.6) is 5.75 Å². The zero-order valence-electron chi connectivity index (χ0n) is 17.5. The predicted molar refractivity (Wildman–Crippen MR) is 129 cm³/mol. The van der Waals surface area contributed by atoms with Crippen LogP contribution in [-0.2, 0) is 16.0 Å². The molecule has 0 spiro atoms. The number of rotatable bonds is 7. The molecule has 0 aromatic heterocycles. The van der Waals surface area contributed by atoms with Crippen molar-refractivity contribution < 1.29 is 19.5 Å². The highest BCUT2D eigenvalue weighted by Gasteiger charge is 2.31. The Hall–Kier alpha value is -3.17. The van der Waals surface area contributed by atoms with E-state index in [9.17, 15) is 19.5 Å². The number of hydrogen-bond donors (Lipinski definition) is 3. The van der Waals surface area contributed by atoms with Gasteiger partial charge in [0.25, 0.3) is 11.8 Å². The summed E-state index contributed by atoms with van der Waals surface area (Å²) in [5.74, 6) is -1.14. The predicted octanol–water partition coefficient (Wildman–Crippen LogP) is 3.40. The molecule has 32 heavy (non-hydrogen) atoms. The number of nitrogens with one attached hydrogen (secondary N) is 2. The molecule has 0 saturated carbocycles. The Balaban J connectivity index is 1.46. The van der Waals surface area contributed by atoms with Crippen molar-refractivity contribution >= 4 is 52.1 Å². The first kappa shape index (κ1) is 23.5. The van der Waals surface area contributed by atoms with E-state index in [1.54, 1.807) is 0 Å². The summed E-state index contributed by atoms with van der Waals surface area (Å²) in [7, 11) is 0. The Labute approximate surface area is 195 Å². The summed E-state index contributed by atoms with van der Waals surface area (Å²) in [6.45, 7) is 2.40. The van der Waals surface area contributed by atoms with E-state index in [0.717, 1.165) is 12.0 Å². The van der Waals surface area contributed by atoms with Crippen LogP contribution in [0.25, 0.3) is 6.08 Å². The number of aromatic hydroxyl groups is 1. The third kappa shape index (κ3) is 6.18. The first-order valence-corrected chi connectivity index (χ1v) is 11.3. The maximum absolute atomic E-state index is 12.7. The summed E-state index contributed by atoms with van der Waals surface area (Å²) in [6, 6.07) is 13.8. The minimum absolute atomic E-state index is 0.0421. The molecule has 166 valence electrons. The van der Waals surface area contributed by atoms with Crippen molar-refractivity contribution in [1.82, 2.24) is 15.8 Å². The molecule has 1 aliphatic heterocycles. The van der Waals surface area contributed by atoms with Crippen molar-refractivity contribution in [2.24, 2.45) is 0 Å². The smallest absolute Gasteiger partial charge is 0.269 e. The lowest BCUT2D eigenvalue weighted by Crippen LogP contribution is -2.41. The van der Waals surface area contributed by atoms with Crippen molar-refractivity contribution in [3.63, 3.8) is 0 Å². The maximum atomic E-state index is 12.7. The molecule has 3 N–H and O–H groups in total. The van der Waals surface area contributed by atoms with Crippen molar-refractivity contribution in [3.05, 3.63) is 70.1 Å². The molecule has 0 aliphatic carbocycles. The molecule has 0 radical (unpaired) electrons. The number of thioether (sulfide) groups is 1. The van der Waals surface area contributed by atoms with Gasteiger partial charge in [0.05, 0.1) is 4.91 Å². The van der Waals surface area contributed by atoms with Crippen molar-refractivity contribution in [2.75, 3.05) is 6.54 Å². The summed E-state index contributed by atoms with van der Waals surface area (Å²) in [5.41, 5.74) is 7.01. The monoisotopic (exact) mass is 469 g/mol. The molecule has 1 heterocycles. The zero-order valence-corrected chi connectivity index (χ0v) is 19.1. The van der Waals surface area contributed by atoms with Crippen LogP contribution in [-0.4, -0.2) is 38.6 Å². The van der Waals surface area contributed by atoms with Crippen LogP contribution < -0.4 is 10.9 Å². The average Bonchev–Trinajstić information content (AvgIpc) is 3.05. The maximum Gasteiger partial charge on any atom is 0.269 e. The Kier molecular flexibility index (Phi) is 8.02. The highest BCUT2D eigenvalue weighted by atomic mass is 32.2. The van der Waals surface area contributed by atoms with Crippen molar-refractivity contribution in [1.29, 1.82) is 0 Å². The number of amides is 3. The number of phenolic OH excluding ortho intramolecular Hbond substituents is 1. The topological polar surface area (TPSA) is 98.7 Å². The van der Waals surface area contributed by atoms with Crippen molar-refractivity contribution in [3.8, 4) is 5.75 Å². The molecular weight excluding hydrogens is 446 g/mol. The molecule has 1 saturated heterocycles. The molecule has 2 aromatic carbocycles. The molecule has 3 amide bonds. The average molecular weight is 470 g/mol. The van der Waals surface area contributed by atoms with E-state index in [1.165, 1.54) is 46.5 Å². The number of hydrogen-bond acceptors (Lipinski definition) is 6. The number of benzene rings is 2. The van der Waals surface area contributed by atoms with Gasteiger partial charge in [-0.25, -0.2) is 0 Å². The molecule has 2 aromatic rings. The first-order chi connectivity index (χ1) is 15.4. The van der Waals surface area contributed by atoms with E-state index in [0.29, 0.717) is 22.2 Å². The number of aryl methyl sites for hydroxylation is 1. The van der Waals surface area contributed by atoms with Gasteiger partial charge in [0.2, 0.25) is 5.91 Å². The molecule has 1 aliphatic rings. The highest BCUT2D eigenvalue weighted by Crippen LogP contribution is 2.32. The Morgan fingerprint density at radius 2 is 1.91 bits per heavy atom. The van der Waals surface area contributed by atoms with Crippen LogP contribution in [0.2, 0.25) is 0 Å². The van der Waals surface area contributed by atoms with Crippen molar-refractivity contribution in [2.45, 2.75) is 26.2 Å². The van der Waals surface area contributed by atoms with Gasteiger partial charge in [0, 0.05) is 18.5 Å². The summed E-state index contributed by atoms with van der Waals surface area (Å²) in [5, 5.41) is 9.41. The lowest BCUT2D eigenvalue weighted by Gasteiger charge is -2.14. The van der Waals surface area contributed by atoms with E-state index in [1.807, 2.05) is 30.3 Å². The van der Waals surface area contributed by atoms with Crippen LogP contribution in [0.15, 0.2) is 53.4 Å². The summed E-state index contributed by atoms with van der Waals surface area (Å²) in [6.07, 6.45) is 3.27. The van der Waals surface area contributed by atoms with E-state index in [2.05, 4.69) is 17.8 Å². The number of phenols is 1. The first-order valence-electron chi connectivity index (χ1n) is 10.1. The Bertz CT molecular complexity index is 1070. The van der Waals surface area contributed by atoms with E-state index < -0.39 is 11.8 Å². The van der Waals surface area contributed by atoms with Gasteiger partial charge in [-0.15, -0.1) is 0 Å².